The fourth-order valence-corrected chi connectivity index (χ4v) is 0.270. The van der Waals surface area contributed by atoms with Gasteiger partial charge in [-0.3, -0.25) is 0 Å². The average Bonchev–Trinajstić information content (AvgIpc) is 1.84. The quantitative estimate of drug-likeness (QED) is 0.413. The SMILES string of the molecule is O=C(O)C(O)C(O)C(=O)O.[LiH].[Mn].[Ni]. The van der Waals surface area contributed by atoms with Gasteiger partial charge in [0.05, 0.1) is 0 Å². The van der Waals surface area contributed by atoms with Gasteiger partial charge in [-0.15, -0.1) is 0 Å². The predicted octanol–water partition coefficient (Wildman–Crippen LogP) is -2.78. The van der Waals surface area contributed by atoms with E-state index in [4.69, 9.17) is 20.4 Å². The van der Waals surface area contributed by atoms with E-state index < -0.39 is 24.1 Å². The number of carbonyl (C=O) groups is 2. The summed E-state index contributed by atoms with van der Waals surface area (Å²) in [5.74, 6) is -3.54. The van der Waals surface area contributed by atoms with Crippen molar-refractivity contribution in [1.29, 1.82) is 0 Å². The molecule has 0 amide bonds. The maximum absolute atomic E-state index is 9.77. The Morgan fingerprint density at radius 1 is 0.923 bits per heavy atom. The van der Waals surface area contributed by atoms with Gasteiger partial charge >= 0.3 is 30.8 Å². The molecule has 0 fully saturated rings. The first-order valence-corrected chi connectivity index (χ1v) is 2.28. The summed E-state index contributed by atoms with van der Waals surface area (Å²) in [6, 6.07) is 0. The Labute approximate surface area is 106 Å². The van der Waals surface area contributed by atoms with Crippen molar-refractivity contribution in [3.8, 4) is 0 Å². The van der Waals surface area contributed by atoms with Gasteiger partial charge in [-0.05, 0) is 0 Å². The third-order valence-electron chi connectivity index (χ3n) is 0.805. The average molecular weight is 272 g/mol. The van der Waals surface area contributed by atoms with Gasteiger partial charge in [0.1, 0.15) is 0 Å². The number of carboxylic acids is 2. The summed E-state index contributed by atoms with van der Waals surface area (Å²) >= 11 is 0. The molecule has 0 aromatic heterocycles. The maximum atomic E-state index is 9.77. The Morgan fingerprint density at radius 2 is 1.08 bits per heavy atom. The van der Waals surface area contributed by atoms with Crippen LogP contribution in [0.3, 0.4) is 0 Å². The number of aliphatic hydroxyl groups is 2. The van der Waals surface area contributed by atoms with Crippen molar-refractivity contribution < 1.29 is 63.6 Å². The van der Waals surface area contributed by atoms with Crippen molar-refractivity contribution >= 4 is 30.8 Å². The summed E-state index contributed by atoms with van der Waals surface area (Å²) in [7, 11) is 0. The van der Waals surface area contributed by atoms with Crippen LogP contribution in [0.25, 0.3) is 0 Å². The van der Waals surface area contributed by atoms with Crippen LogP contribution in [0.1, 0.15) is 0 Å². The summed E-state index contributed by atoms with van der Waals surface area (Å²) in [5.41, 5.74) is 0. The molecular formula is C4H7LiMnNiO6. The van der Waals surface area contributed by atoms with Crippen LogP contribution in [0.5, 0.6) is 0 Å². The van der Waals surface area contributed by atoms with Crippen molar-refractivity contribution in [3.63, 3.8) is 0 Å². The Balaban J connectivity index is -0.000000135. The zero-order valence-electron chi connectivity index (χ0n) is 5.45. The van der Waals surface area contributed by atoms with E-state index in [1.807, 2.05) is 0 Å². The van der Waals surface area contributed by atoms with Gasteiger partial charge in [-0.1, -0.05) is 0 Å². The van der Waals surface area contributed by atoms with E-state index >= 15 is 0 Å². The van der Waals surface area contributed by atoms with Gasteiger partial charge < -0.3 is 20.4 Å². The Morgan fingerprint density at radius 3 is 1.15 bits per heavy atom. The van der Waals surface area contributed by atoms with Crippen LogP contribution >= 0.6 is 0 Å². The molecule has 6 nitrogen and oxygen atoms in total. The monoisotopic (exact) mass is 271 g/mol. The molecule has 1 radical (unpaired) electrons. The third-order valence-corrected chi connectivity index (χ3v) is 0.805. The van der Waals surface area contributed by atoms with Gasteiger partial charge in [-0.25, -0.2) is 9.59 Å². The first kappa shape index (κ1) is 23.4. The molecule has 0 aliphatic rings. The fraction of sp³-hybridized carbons (Fsp3) is 0.500. The first-order chi connectivity index (χ1) is 4.46. The molecule has 0 rings (SSSR count). The molecule has 2 atom stereocenters. The molecule has 0 saturated carbocycles. The van der Waals surface area contributed by atoms with E-state index in [0.29, 0.717) is 0 Å². The number of rotatable bonds is 3. The minimum Gasteiger partial charge on any atom is 0 e. The standard InChI is InChI=1S/C4H6O6.Li.Mn.Ni.H/c5-1(3(7)8)2(6)4(9)10;;;;/h1-2,5-6H,(H,7,8)(H,9,10);;;;. The smallest absolute Gasteiger partial charge is 0 e. The minimum atomic E-state index is -2.27. The first-order valence-electron chi connectivity index (χ1n) is 2.28. The minimum absolute atomic E-state index is 0. The normalized spacial score (nSPS) is 12.2. The van der Waals surface area contributed by atoms with Crippen LogP contribution in [-0.4, -0.2) is 63.4 Å². The van der Waals surface area contributed by atoms with E-state index in [0.717, 1.165) is 0 Å². The zero-order chi connectivity index (χ0) is 8.31. The van der Waals surface area contributed by atoms with Crippen LogP contribution in [0.15, 0.2) is 0 Å². The molecule has 13 heavy (non-hydrogen) atoms. The molecule has 77 valence electrons. The third kappa shape index (κ3) is 8.79. The molecule has 2 unspecified atom stereocenters. The fourth-order valence-electron chi connectivity index (χ4n) is 0.270. The summed E-state index contributed by atoms with van der Waals surface area (Å²) in [4.78, 5) is 19.5. The molecule has 0 spiro atoms. The molecule has 0 heterocycles. The topological polar surface area (TPSA) is 115 Å². The second-order valence-electron chi connectivity index (χ2n) is 1.57. The van der Waals surface area contributed by atoms with Crippen LogP contribution in [0.2, 0.25) is 0 Å². The van der Waals surface area contributed by atoms with Crippen molar-refractivity contribution in [2.75, 3.05) is 0 Å². The summed E-state index contributed by atoms with van der Waals surface area (Å²) in [6.07, 6.45) is -4.53. The number of carboxylic acid groups (broad SMARTS) is 2. The number of hydrogen-bond donors (Lipinski definition) is 4. The zero-order valence-corrected chi connectivity index (χ0v) is 7.62. The van der Waals surface area contributed by atoms with Gasteiger partial charge in [-0.2, -0.15) is 0 Å². The molecular weight excluding hydrogens is 265 g/mol. The van der Waals surface area contributed by atoms with Crippen molar-refractivity contribution in [2.24, 2.45) is 0 Å². The van der Waals surface area contributed by atoms with Crippen molar-refractivity contribution in [2.45, 2.75) is 12.2 Å². The van der Waals surface area contributed by atoms with Gasteiger partial charge in [0.2, 0.25) is 0 Å². The van der Waals surface area contributed by atoms with Gasteiger partial charge in [0, 0.05) is 33.6 Å². The second kappa shape index (κ2) is 10.6. The Kier molecular flexibility index (Phi) is 19.0. The molecule has 0 aliphatic carbocycles. The largest absolute Gasteiger partial charge is 0 e. The van der Waals surface area contributed by atoms with E-state index in [1.165, 1.54) is 0 Å². The maximum Gasteiger partial charge on any atom is 0 e. The van der Waals surface area contributed by atoms with Crippen LogP contribution in [0, 0.1) is 0 Å². The molecule has 0 aliphatic heterocycles. The number of hydrogen-bond acceptors (Lipinski definition) is 4. The summed E-state index contributed by atoms with van der Waals surface area (Å²) in [6.45, 7) is 0. The second-order valence-corrected chi connectivity index (χ2v) is 1.57. The van der Waals surface area contributed by atoms with Crippen molar-refractivity contribution in [3.05, 3.63) is 0 Å². The van der Waals surface area contributed by atoms with Gasteiger partial charge in [0.15, 0.2) is 12.2 Å². The molecule has 0 bridgehead atoms. The number of aliphatic hydroxyl groups excluding tert-OH is 2. The van der Waals surface area contributed by atoms with Crippen molar-refractivity contribution in [1.82, 2.24) is 0 Å². The molecule has 0 aromatic rings. The van der Waals surface area contributed by atoms with Crippen LogP contribution in [0.4, 0.5) is 0 Å². The molecule has 9 heteroatoms. The molecule has 4 N–H and O–H groups in total. The van der Waals surface area contributed by atoms with Crippen LogP contribution in [-0.2, 0) is 43.1 Å². The van der Waals surface area contributed by atoms with Gasteiger partial charge in [0.25, 0.3) is 0 Å². The Bertz CT molecular complexity index is 149. The number of aliphatic carboxylic acids is 2. The van der Waals surface area contributed by atoms with E-state index in [-0.39, 0.29) is 52.4 Å². The van der Waals surface area contributed by atoms with E-state index in [2.05, 4.69) is 0 Å². The van der Waals surface area contributed by atoms with Crippen LogP contribution < -0.4 is 0 Å². The summed E-state index contributed by atoms with van der Waals surface area (Å²) in [5, 5.41) is 32.5. The predicted molar refractivity (Wildman–Crippen MR) is 34.4 cm³/mol. The molecule has 0 aromatic carbocycles. The van der Waals surface area contributed by atoms with E-state index in [9.17, 15) is 9.59 Å². The van der Waals surface area contributed by atoms with E-state index in [1.54, 1.807) is 0 Å². The summed E-state index contributed by atoms with van der Waals surface area (Å²) < 4.78 is 0. The molecule has 0 saturated heterocycles. The Hall–Kier alpha value is 0.470.